The number of carboxylic acid groups (broad SMARTS) is 1. The molecule has 2 aromatic heterocycles. The van der Waals surface area contributed by atoms with E-state index in [9.17, 15) is 14.4 Å². The fourth-order valence-corrected chi connectivity index (χ4v) is 3.22. The summed E-state index contributed by atoms with van der Waals surface area (Å²) in [5.74, 6) is 5.61. The number of amides is 2. The van der Waals surface area contributed by atoms with Crippen LogP contribution in [-0.2, 0) is 29.7 Å². The molecule has 1 unspecified atom stereocenters. The maximum atomic E-state index is 12.4. The van der Waals surface area contributed by atoms with Gasteiger partial charge in [0.15, 0.2) is 0 Å². The fourth-order valence-electron chi connectivity index (χ4n) is 3.22. The molecule has 42 heavy (non-hydrogen) atoms. The Labute approximate surface area is 257 Å². The maximum absolute atomic E-state index is 12.4. The predicted molar refractivity (Wildman–Crippen MR) is 152 cm³/mol. The summed E-state index contributed by atoms with van der Waals surface area (Å²) < 4.78 is 0. The summed E-state index contributed by atoms with van der Waals surface area (Å²) in [5, 5.41) is 45.3. The van der Waals surface area contributed by atoms with Crippen molar-refractivity contribution in [3.05, 3.63) is 66.4 Å². The summed E-state index contributed by atoms with van der Waals surface area (Å²) in [6, 6.07) is 6.22. The number of nitrogens with one attached hydrogen (secondary N) is 6. The minimum Gasteiger partial charge on any atom is -0.585 e. The van der Waals surface area contributed by atoms with E-state index in [0.717, 1.165) is 24.1 Å². The zero-order valence-corrected chi connectivity index (χ0v) is 25.1. The normalized spacial score (nSPS) is 11.1. The van der Waals surface area contributed by atoms with Gasteiger partial charge in [0.2, 0.25) is 5.91 Å². The van der Waals surface area contributed by atoms with Crippen LogP contribution in [-0.4, -0.2) is 99.7 Å². The van der Waals surface area contributed by atoms with Crippen molar-refractivity contribution in [1.82, 2.24) is 31.2 Å². The monoisotopic (exact) mass is 672 g/mol. The number of carbonyl (C=O) groups excluding carboxylic acids is 2. The number of carbonyl (C=O) groups is 3. The number of unbranched alkanes of at least 4 members (excludes halogenated alkanes) is 1. The quantitative estimate of drug-likeness (QED) is 0.0763. The van der Waals surface area contributed by atoms with Crippen molar-refractivity contribution in [2.24, 2.45) is 0 Å². The van der Waals surface area contributed by atoms with Gasteiger partial charge in [-0.05, 0) is 43.5 Å². The number of anilines is 1. The molecule has 0 saturated heterocycles. The minimum atomic E-state index is -1.31. The van der Waals surface area contributed by atoms with E-state index in [2.05, 4.69) is 43.2 Å². The predicted octanol–water partition coefficient (Wildman–Crippen LogP) is -0.495. The molecule has 2 amide bonds. The summed E-state index contributed by atoms with van der Waals surface area (Å²) in [6.07, 6.45) is 6.88. The molecule has 1 atom stereocenters. The van der Waals surface area contributed by atoms with Crippen LogP contribution in [0.4, 0.5) is 5.82 Å². The molecule has 0 fully saturated rings. The van der Waals surface area contributed by atoms with E-state index in [-0.39, 0.29) is 31.9 Å². The molecule has 0 bridgehead atoms. The van der Waals surface area contributed by atoms with Gasteiger partial charge in [0.25, 0.3) is 5.91 Å². The van der Waals surface area contributed by atoms with Crippen LogP contribution in [0.5, 0.6) is 0 Å². The Bertz CT molecular complexity index is 1080. The zero-order chi connectivity index (χ0) is 30.7. The molecule has 0 aromatic carbocycles. The number of hydrogen-bond donors (Lipinski definition) is 9. The van der Waals surface area contributed by atoms with Crippen molar-refractivity contribution in [2.75, 3.05) is 45.4 Å². The number of hydrogen-bond acceptors (Lipinski definition) is 11. The van der Waals surface area contributed by atoms with Crippen LogP contribution in [0.2, 0.25) is 0 Å². The maximum Gasteiger partial charge on any atom is 0.317 e. The summed E-state index contributed by atoms with van der Waals surface area (Å²) >= 11 is 0. The van der Waals surface area contributed by atoms with E-state index in [4.69, 9.17) is 26.3 Å². The Morgan fingerprint density at radius 3 is 2.24 bits per heavy atom. The second-order valence-electron chi connectivity index (χ2n) is 8.84. The van der Waals surface area contributed by atoms with Gasteiger partial charge < -0.3 is 47.6 Å². The van der Waals surface area contributed by atoms with Gasteiger partial charge in [-0.2, -0.15) is 0 Å². The molecule has 2 heterocycles. The number of rotatable bonds is 17. The van der Waals surface area contributed by atoms with E-state index in [1.165, 1.54) is 19.3 Å². The molecule has 10 N–H and O–H groups in total. The van der Waals surface area contributed by atoms with Gasteiger partial charge in [-0.3, -0.25) is 24.7 Å². The second kappa shape index (κ2) is 21.2. The molecule has 0 aliphatic carbocycles. The average Bonchev–Trinajstić information content (AvgIpc) is 3.01. The number of aromatic nitrogens is 2. The van der Waals surface area contributed by atoms with E-state index < -0.39 is 43.9 Å². The molecule has 0 saturated carbocycles. The van der Waals surface area contributed by atoms with Crippen LogP contribution in [0.15, 0.2) is 49.4 Å². The van der Waals surface area contributed by atoms with Crippen LogP contribution in [0.25, 0.3) is 11.5 Å². The number of aliphatic hydroxyl groups excluding tert-OH is 3. The molecule has 0 spiro atoms. The molecule has 0 aliphatic rings. The first-order valence-corrected chi connectivity index (χ1v) is 12.7. The zero-order valence-electron chi connectivity index (χ0n) is 23.3. The molecule has 233 valence electrons. The Balaban J connectivity index is 0.00000110. The number of pyridine rings is 2. The molecule has 1 radical (unpaired) electrons. The molecule has 16 heteroatoms. The van der Waals surface area contributed by atoms with Crippen LogP contribution in [0.3, 0.4) is 0 Å². The third-order valence-corrected chi connectivity index (χ3v) is 5.81. The second-order valence-corrected chi connectivity index (χ2v) is 8.84. The molecular weight excluding hydrogens is 634 g/mol. The first-order chi connectivity index (χ1) is 19.6. The van der Waals surface area contributed by atoms with E-state index in [1.54, 1.807) is 18.5 Å². The van der Waals surface area contributed by atoms with E-state index >= 15 is 0 Å². The van der Waals surface area contributed by atoms with Crippen molar-refractivity contribution in [2.45, 2.75) is 30.8 Å². The summed E-state index contributed by atoms with van der Waals surface area (Å²) in [4.78, 5) is 42.6. The molecule has 15 nitrogen and oxygen atoms in total. The van der Waals surface area contributed by atoms with Crippen molar-refractivity contribution in [1.29, 1.82) is 0 Å². The summed E-state index contributed by atoms with van der Waals surface area (Å²) in [6.45, 7) is 2.72. The standard InChI is InChI=1S/C20H26N7O2.C6H13NO5.Tc/c1-14(15-6-5-10-23-12-15)24-11-4-3-7-17(20(29)22-2)26-19(28)16-8-9-18(27-21)25-13-16;8-2-6(3-9,4-10)7-1-5(11)12;/h5-6,8-10,12-13,17,21,24H,1,3-4,7,11H2,2H3,(H,22,29)(H2,25,26,27,28);7-10H,1-4H2,(H,11,12);/q-1;;. The third kappa shape index (κ3) is 13.9. The largest absolute Gasteiger partial charge is 0.585 e. The first-order valence-electron chi connectivity index (χ1n) is 12.7. The van der Waals surface area contributed by atoms with Gasteiger partial charge in [0.1, 0.15) is 11.9 Å². The van der Waals surface area contributed by atoms with Crippen molar-refractivity contribution in [3.8, 4) is 0 Å². The average molecular weight is 674 g/mol. The van der Waals surface area contributed by atoms with E-state index in [0.29, 0.717) is 24.3 Å². The van der Waals surface area contributed by atoms with Crippen molar-refractivity contribution in [3.63, 3.8) is 0 Å². The number of carboxylic acids is 1. The minimum absolute atomic E-state index is 0. The van der Waals surface area contributed by atoms with Crippen LogP contribution in [0, 0.1) is 0 Å². The number of likely N-dealkylation sites (N-methyl/N-ethyl adjacent to an activating group) is 1. The Morgan fingerprint density at radius 2 is 1.74 bits per heavy atom. The topological polar surface area (TPSA) is 242 Å². The molecule has 2 aromatic rings. The van der Waals surface area contributed by atoms with Gasteiger partial charge in [0.05, 0.1) is 37.5 Å². The molecule has 2 rings (SSSR count). The van der Waals surface area contributed by atoms with E-state index in [1.807, 2.05) is 12.1 Å². The van der Waals surface area contributed by atoms with Crippen LogP contribution >= 0.6 is 0 Å². The molecular formula is C26H39N8O7Tc-. The van der Waals surface area contributed by atoms with Gasteiger partial charge in [0, 0.05) is 63.5 Å². The summed E-state index contributed by atoms with van der Waals surface area (Å²) in [5.41, 5.74) is 2.90. The summed E-state index contributed by atoms with van der Waals surface area (Å²) in [7, 11) is 1.54. The molecule has 0 aliphatic heterocycles. The van der Waals surface area contributed by atoms with Crippen molar-refractivity contribution >= 4 is 29.3 Å². The Hall–Kier alpha value is -3.50. The van der Waals surface area contributed by atoms with Crippen molar-refractivity contribution < 1.29 is 54.9 Å². The number of aliphatic carboxylic acids is 1. The Kier molecular flexibility index (Phi) is 19.5. The van der Waals surface area contributed by atoms with Gasteiger partial charge in [-0.15, -0.1) is 0 Å². The van der Waals surface area contributed by atoms with Gasteiger partial charge in [-0.25, -0.2) is 4.98 Å². The van der Waals surface area contributed by atoms with Crippen LogP contribution < -0.4 is 26.7 Å². The third-order valence-electron chi connectivity index (χ3n) is 5.81. The van der Waals surface area contributed by atoms with Gasteiger partial charge in [-0.1, -0.05) is 6.58 Å². The van der Waals surface area contributed by atoms with Crippen LogP contribution in [0.1, 0.15) is 35.2 Å². The SMILES string of the molecule is C=C(NCCCCC(NC(=O)c1ccc(N[NH-])nc1)C(=O)NC)c1cccnc1.O=C(O)CNC(CO)(CO)CO.[Tc]. The Morgan fingerprint density at radius 1 is 1.05 bits per heavy atom. The smallest absolute Gasteiger partial charge is 0.317 e. The van der Waals surface area contributed by atoms with Gasteiger partial charge >= 0.3 is 5.97 Å². The fraction of sp³-hybridized carbons (Fsp3) is 0.423. The number of nitrogens with zero attached hydrogens (tertiary/aromatic N) is 2. The first kappa shape index (κ1) is 38.5. The number of aliphatic hydroxyl groups is 3.